The molecule has 1 aliphatic carbocycles. The maximum atomic E-state index is 11.8. The molecule has 5 heterocycles. The zero-order valence-electron chi connectivity index (χ0n) is 21.3. The molecule has 0 saturated heterocycles. The molecule has 0 radical (unpaired) electrons. The number of Topliss-reactive ketones (excluding diaryl/α,β-unsaturated/α-hetero) is 1. The van der Waals surface area contributed by atoms with E-state index in [1.165, 1.54) is 30.6 Å². The van der Waals surface area contributed by atoms with Crippen molar-refractivity contribution >= 4 is 44.7 Å². The lowest BCUT2D eigenvalue weighted by Gasteiger charge is -2.28. The first kappa shape index (κ1) is 23.5. The summed E-state index contributed by atoms with van der Waals surface area (Å²) in [5.41, 5.74) is 8.16. The Morgan fingerprint density at radius 1 is 1.03 bits per heavy atom. The number of aromatic nitrogens is 6. The van der Waals surface area contributed by atoms with Gasteiger partial charge in [-0.15, -0.1) is 11.3 Å². The van der Waals surface area contributed by atoms with Crippen molar-refractivity contribution in [3.8, 4) is 33.1 Å². The third kappa shape index (κ3) is 4.21. The molecule has 3 N–H and O–H groups in total. The Hall–Kier alpha value is -4.63. The first-order valence-corrected chi connectivity index (χ1v) is 13.7. The number of fused-ring (bicyclic) bond motifs is 2. The second-order valence-corrected chi connectivity index (χ2v) is 11.0. The lowest BCUT2D eigenvalue weighted by Crippen LogP contribution is -2.18. The van der Waals surface area contributed by atoms with E-state index >= 15 is 0 Å². The van der Waals surface area contributed by atoms with Crippen molar-refractivity contribution in [2.75, 3.05) is 5.32 Å². The van der Waals surface area contributed by atoms with E-state index in [1.807, 2.05) is 30.6 Å². The summed E-state index contributed by atoms with van der Waals surface area (Å²) >= 11 is 1.45. The fraction of sp³-hybridized carbons (Fsp3) is 0.167. The number of carbonyl (C=O) groups excluding carboxylic acids is 1. The van der Waals surface area contributed by atoms with E-state index in [0.29, 0.717) is 16.6 Å². The van der Waals surface area contributed by atoms with Gasteiger partial charge in [-0.25, -0.2) is 4.98 Å². The molecule has 5 aromatic heterocycles. The number of benzene rings is 1. The lowest BCUT2D eigenvalue weighted by atomic mass is 9.83. The van der Waals surface area contributed by atoms with Crippen molar-refractivity contribution in [1.29, 1.82) is 0 Å². The second-order valence-electron chi connectivity index (χ2n) is 9.96. The maximum absolute atomic E-state index is 11.8. The molecule has 8 nitrogen and oxygen atoms in total. The Bertz CT molecular complexity index is 1890. The third-order valence-electron chi connectivity index (χ3n) is 7.37. The van der Waals surface area contributed by atoms with Gasteiger partial charge in [-0.05, 0) is 61.6 Å². The minimum Gasteiger partial charge on any atom is -0.358 e. The number of aromatic amines is 2. The number of ketones is 1. The van der Waals surface area contributed by atoms with Crippen LogP contribution in [0.25, 0.3) is 55.0 Å². The van der Waals surface area contributed by atoms with Crippen LogP contribution in [0.3, 0.4) is 0 Å². The molecule has 0 spiro atoms. The van der Waals surface area contributed by atoms with Gasteiger partial charge in [0, 0.05) is 39.5 Å². The summed E-state index contributed by atoms with van der Waals surface area (Å²) in [6.45, 7) is 5.80. The van der Waals surface area contributed by atoms with Gasteiger partial charge in [-0.3, -0.25) is 19.9 Å². The Morgan fingerprint density at radius 3 is 2.69 bits per heavy atom. The highest BCUT2D eigenvalue weighted by molar-refractivity contribution is 7.17. The van der Waals surface area contributed by atoms with E-state index in [2.05, 4.69) is 55.2 Å². The van der Waals surface area contributed by atoms with Crippen LogP contribution < -0.4 is 5.32 Å². The summed E-state index contributed by atoms with van der Waals surface area (Å²) in [6.07, 6.45) is 10.9. The normalized spacial score (nSPS) is 13.6. The van der Waals surface area contributed by atoms with Gasteiger partial charge in [-0.1, -0.05) is 19.1 Å². The Balaban J connectivity index is 1.25. The molecule has 1 fully saturated rings. The van der Waals surface area contributed by atoms with Crippen molar-refractivity contribution in [1.82, 2.24) is 30.1 Å². The predicted molar refractivity (Wildman–Crippen MR) is 156 cm³/mol. The molecule has 39 heavy (non-hydrogen) atoms. The number of pyridine rings is 2. The summed E-state index contributed by atoms with van der Waals surface area (Å²) in [6, 6.07) is 12.1. The standard InChI is InChI=1S/C30H25N7OS/c1-16(18-4-3-5-18)33-21-10-20(12-31-13-21)19-6-7-24-22(11-19)29(37-36-24)30-34-25-15-32-14-23(28(25)35-30)27-9-8-26(39-27)17(2)38/h6-15,18,33H,1,3-5H2,2H3,(H,34,35)(H,36,37). The van der Waals surface area contributed by atoms with Crippen LogP contribution in [0.2, 0.25) is 0 Å². The summed E-state index contributed by atoms with van der Waals surface area (Å²) in [7, 11) is 0. The van der Waals surface area contributed by atoms with Crippen molar-refractivity contribution < 1.29 is 4.79 Å². The van der Waals surface area contributed by atoms with Crippen LogP contribution in [0.5, 0.6) is 0 Å². The molecule has 6 aromatic rings. The number of thiophene rings is 1. The van der Waals surface area contributed by atoms with E-state index < -0.39 is 0 Å². The first-order valence-electron chi connectivity index (χ1n) is 12.9. The van der Waals surface area contributed by atoms with E-state index in [0.717, 1.165) is 60.6 Å². The summed E-state index contributed by atoms with van der Waals surface area (Å²) in [4.78, 5) is 30.7. The number of nitrogens with one attached hydrogen (secondary N) is 3. The number of hydrogen-bond acceptors (Lipinski definition) is 7. The summed E-state index contributed by atoms with van der Waals surface area (Å²) in [5.74, 6) is 1.25. The third-order valence-corrected chi connectivity index (χ3v) is 8.59. The van der Waals surface area contributed by atoms with E-state index in [1.54, 1.807) is 19.3 Å². The fourth-order valence-electron chi connectivity index (χ4n) is 4.98. The molecule has 1 saturated carbocycles. The number of carbonyl (C=O) groups is 1. The molecular formula is C30H25N7OS. The summed E-state index contributed by atoms with van der Waals surface area (Å²) < 4.78 is 0. The minimum atomic E-state index is 0.0488. The average Bonchev–Trinajstić information content (AvgIpc) is 3.65. The maximum Gasteiger partial charge on any atom is 0.169 e. The molecule has 192 valence electrons. The quantitative estimate of drug-likeness (QED) is 0.188. The predicted octanol–water partition coefficient (Wildman–Crippen LogP) is 7.22. The van der Waals surface area contributed by atoms with Crippen molar-refractivity contribution in [3.63, 3.8) is 0 Å². The van der Waals surface area contributed by atoms with Crippen LogP contribution in [-0.2, 0) is 0 Å². The van der Waals surface area contributed by atoms with Crippen LogP contribution in [-0.4, -0.2) is 35.9 Å². The van der Waals surface area contributed by atoms with Gasteiger partial charge >= 0.3 is 0 Å². The molecule has 0 aliphatic heterocycles. The van der Waals surface area contributed by atoms with Gasteiger partial charge in [0.2, 0.25) is 0 Å². The zero-order valence-corrected chi connectivity index (χ0v) is 22.1. The molecule has 0 atom stereocenters. The average molecular weight is 532 g/mol. The first-order chi connectivity index (χ1) is 19.0. The molecule has 0 unspecified atom stereocenters. The molecule has 9 heteroatoms. The number of H-pyrrole nitrogens is 2. The Kier molecular flexibility index (Phi) is 5.59. The number of hydrogen-bond donors (Lipinski definition) is 3. The van der Waals surface area contributed by atoms with Gasteiger partial charge in [0.25, 0.3) is 0 Å². The van der Waals surface area contributed by atoms with Crippen molar-refractivity contribution in [2.45, 2.75) is 26.2 Å². The van der Waals surface area contributed by atoms with Gasteiger partial charge in [-0.2, -0.15) is 5.10 Å². The smallest absolute Gasteiger partial charge is 0.169 e. The number of imidazole rings is 1. The fourth-order valence-corrected chi connectivity index (χ4v) is 5.89. The molecule has 0 bridgehead atoms. The topological polar surface area (TPSA) is 112 Å². The van der Waals surface area contributed by atoms with E-state index in [9.17, 15) is 4.79 Å². The second kappa shape index (κ2) is 9.28. The van der Waals surface area contributed by atoms with E-state index in [-0.39, 0.29) is 5.78 Å². The van der Waals surface area contributed by atoms with Gasteiger partial charge in [0.05, 0.1) is 34.0 Å². The van der Waals surface area contributed by atoms with Gasteiger partial charge in [0.15, 0.2) is 11.6 Å². The zero-order chi connectivity index (χ0) is 26.5. The number of nitrogens with zero attached hydrogens (tertiary/aromatic N) is 4. The minimum absolute atomic E-state index is 0.0488. The van der Waals surface area contributed by atoms with Crippen molar-refractivity contribution in [3.05, 3.63) is 78.3 Å². The molecular weight excluding hydrogens is 506 g/mol. The number of rotatable bonds is 7. The van der Waals surface area contributed by atoms with Crippen LogP contribution in [0.4, 0.5) is 5.69 Å². The molecule has 7 rings (SSSR count). The Labute approximate surface area is 228 Å². The lowest BCUT2D eigenvalue weighted by molar-refractivity contribution is 0.102. The van der Waals surface area contributed by atoms with Gasteiger partial charge < -0.3 is 10.3 Å². The number of anilines is 1. The molecule has 1 aliphatic rings. The van der Waals surface area contributed by atoms with E-state index in [4.69, 9.17) is 4.98 Å². The number of allylic oxidation sites excluding steroid dienone is 1. The highest BCUT2D eigenvalue weighted by Gasteiger charge is 2.21. The monoisotopic (exact) mass is 531 g/mol. The highest BCUT2D eigenvalue weighted by Crippen LogP contribution is 2.36. The Morgan fingerprint density at radius 2 is 1.90 bits per heavy atom. The van der Waals surface area contributed by atoms with Crippen molar-refractivity contribution in [2.24, 2.45) is 5.92 Å². The van der Waals surface area contributed by atoms with Gasteiger partial charge in [0.1, 0.15) is 11.2 Å². The molecule has 1 aromatic carbocycles. The molecule has 0 amide bonds. The highest BCUT2D eigenvalue weighted by atomic mass is 32.1. The van der Waals surface area contributed by atoms with Crippen LogP contribution in [0, 0.1) is 5.92 Å². The SMILES string of the molecule is C=C(Nc1cncc(-c2ccc3[nH]nc(-c4nc5c(-c6ccc(C(C)=O)s6)cncc5[nH]4)c3c2)c1)C1CCC1. The van der Waals surface area contributed by atoms with Crippen LogP contribution >= 0.6 is 11.3 Å². The summed E-state index contributed by atoms with van der Waals surface area (Å²) in [5, 5.41) is 12.1. The van der Waals surface area contributed by atoms with Crippen LogP contribution in [0.15, 0.2) is 73.5 Å². The largest absolute Gasteiger partial charge is 0.358 e. The van der Waals surface area contributed by atoms with Crippen LogP contribution in [0.1, 0.15) is 35.9 Å².